The second-order valence-corrected chi connectivity index (χ2v) is 2.10. The summed E-state index contributed by atoms with van der Waals surface area (Å²) in [6.07, 6.45) is 1.73. The van der Waals surface area contributed by atoms with Crippen LogP contribution in [0, 0.1) is 0 Å². The van der Waals surface area contributed by atoms with E-state index >= 15 is 0 Å². The van der Waals surface area contributed by atoms with E-state index in [1.165, 1.54) is 0 Å². The normalized spacial score (nSPS) is 15.9. The zero-order chi connectivity index (χ0) is 6.15. The van der Waals surface area contributed by atoms with Crippen molar-refractivity contribution in [3.63, 3.8) is 0 Å². The van der Waals surface area contributed by atoms with Gasteiger partial charge in [-0.2, -0.15) is 0 Å². The molecule has 0 aromatic heterocycles. The van der Waals surface area contributed by atoms with Crippen LogP contribution in [0.25, 0.3) is 0 Å². The third-order valence-electron chi connectivity index (χ3n) is 0.998. The molecule has 0 aromatic rings. The van der Waals surface area contributed by atoms with Crippen LogP contribution in [0.2, 0.25) is 0 Å². The van der Waals surface area contributed by atoms with E-state index < -0.39 is 5.97 Å². The molecule has 0 saturated heterocycles. The molecule has 0 bridgehead atoms. The van der Waals surface area contributed by atoms with Gasteiger partial charge in [0.15, 0.2) is 0 Å². The van der Waals surface area contributed by atoms with Gasteiger partial charge in [-0.3, -0.25) is 0 Å². The summed E-state index contributed by atoms with van der Waals surface area (Å²) in [5.74, 6) is -1.00. The molecule has 0 heterocycles. The zero-order valence-corrected chi connectivity index (χ0v) is 4.90. The largest absolute Gasteiger partial charge is 0.477 e. The van der Waals surface area contributed by atoms with E-state index in [1.54, 1.807) is 0 Å². The van der Waals surface area contributed by atoms with E-state index in [4.69, 9.17) is 16.7 Å². The van der Waals surface area contributed by atoms with Gasteiger partial charge >= 0.3 is 5.97 Å². The molecule has 0 atom stereocenters. The van der Waals surface area contributed by atoms with Crippen LogP contribution in [-0.4, -0.2) is 11.1 Å². The minimum absolute atomic E-state index is 0.0185. The molecule has 0 aliphatic heterocycles. The number of carboxylic acids is 1. The van der Waals surface area contributed by atoms with Crippen molar-refractivity contribution in [3.05, 3.63) is 10.6 Å². The summed E-state index contributed by atoms with van der Waals surface area (Å²) in [6, 6.07) is 0. The molecular weight excluding hydrogens is 128 g/mol. The average molecular weight is 133 g/mol. The molecule has 2 nitrogen and oxygen atoms in total. The highest BCUT2D eigenvalue weighted by Gasteiger charge is 2.20. The molecule has 1 saturated carbocycles. The first kappa shape index (κ1) is 5.63. The maximum absolute atomic E-state index is 9.99. The van der Waals surface area contributed by atoms with Crippen molar-refractivity contribution >= 4 is 17.6 Å². The summed E-state index contributed by atoms with van der Waals surface area (Å²) in [4.78, 5) is 9.99. The summed E-state index contributed by atoms with van der Waals surface area (Å²) in [5.41, 5.74) is 0.874. The van der Waals surface area contributed by atoms with Gasteiger partial charge in [-0.25, -0.2) is 4.79 Å². The molecule has 0 unspecified atom stereocenters. The number of aliphatic carboxylic acids is 1. The predicted octanol–water partition coefficient (Wildman–Crippen LogP) is 1.36. The molecule has 8 heavy (non-hydrogen) atoms. The number of hydrogen-bond acceptors (Lipinski definition) is 1. The van der Waals surface area contributed by atoms with Crippen molar-refractivity contribution in [1.82, 2.24) is 0 Å². The number of carbonyl (C=O) groups is 1. The topological polar surface area (TPSA) is 37.3 Å². The van der Waals surface area contributed by atoms with Crippen LogP contribution in [-0.2, 0) is 4.79 Å². The molecule has 1 rings (SSSR count). The Morgan fingerprint density at radius 1 is 1.62 bits per heavy atom. The quantitative estimate of drug-likeness (QED) is 0.547. The number of allylic oxidation sites excluding steroid dienone is 1. The van der Waals surface area contributed by atoms with Gasteiger partial charge in [0, 0.05) is 0 Å². The maximum atomic E-state index is 9.99. The Kier molecular flexibility index (Phi) is 1.26. The van der Waals surface area contributed by atoms with Gasteiger partial charge in [-0.15, -0.1) is 0 Å². The van der Waals surface area contributed by atoms with Gasteiger partial charge in [0.2, 0.25) is 0 Å². The molecule has 44 valence electrons. The van der Waals surface area contributed by atoms with Crippen molar-refractivity contribution in [2.75, 3.05) is 0 Å². The Bertz CT molecular complexity index is 154. The van der Waals surface area contributed by atoms with Crippen LogP contribution in [0.3, 0.4) is 0 Å². The fraction of sp³-hybridized carbons (Fsp3) is 0.400. The zero-order valence-electron chi connectivity index (χ0n) is 4.15. The molecule has 3 heteroatoms. The highest BCUT2D eigenvalue weighted by atomic mass is 35.5. The van der Waals surface area contributed by atoms with Crippen molar-refractivity contribution in [2.24, 2.45) is 0 Å². The first-order chi connectivity index (χ1) is 3.72. The Morgan fingerprint density at radius 3 is 2.25 bits per heavy atom. The van der Waals surface area contributed by atoms with Gasteiger partial charge in [0.05, 0.1) is 0 Å². The highest BCUT2D eigenvalue weighted by Crippen LogP contribution is 2.33. The SMILES string of the molecule is O=C(O)C(Cl)=C1CC1. The van der Waals surface area contributed by atoms with Crippen molar-refractivity contribution in [3.8, 4) is 0 Å². The Hall–Kier alpha value is -0.500. The summed E-state index contributed by atoms with van der Waals surface area (Å²) >= 11 is 5.29. The van der Waals surface area contributed by atoms with E-state index in [0.29, 0.717) is 0 Å². The summed E-state index contributed by atoms with van der Waals surface area (Å²) < 4.78 is 0. The number of rotatable bonds is 1. The first-order valence-electron chi connectivity index (χ1n) is 2.32. The third-order valence-corrected chi connectivity index (χ3v) is 1.43. The standard InChI is InChI=1S/C5H5ClO2/c6-4(5(7)8)3-1-2-3/h1-2H2,(H,7,8). The molecule has 0 radical (unpaired) electrons. The molecule has 1 aliphatic carbocycles. The second-order valence-electron chi connectivity index (χ2n) is 1.72. The van der Waals surface area contributed by atoms with Gasteiger partial charge in [0.1, 0.15) is 5.03 Å². The summed E-state index contributed by atoms with van der Waals surface area (Å²) in [7, 11) is 0. The molecule has 1 aliphatic rings. The fourth-order valence-electron chi connectivity index (χ4n) is 0.433. The molecular formula is C5H5ClO2. The van der Waals surface area contributed by atoms with Crippen LogP contribution in [0.15, 0.2) is 10.6 Å². The lowest BCUT2D eigenvalue weighted by atomic mass is 10.5. The first-order valence-corrected chi connectivity index (χ1v) is 2.70. The predicted molar refractivity (Wildman–Crippen MR) is 29.7 cm³/mol. The van der Waals surface area contributed by atoms with Crippen LogP contribution < -0.4 is 0 Å². The van der Waals surface area contributed by atoms with Gasteiger partial charge in [-0.05, 0) is 18.4 Å². The Morgan fingerprint density at radius 2 is 2.12 bits per heavy atom. The monoisotopic (exact) mass is 132 g/mol. The average Bonchev–Trinajstić information content (AvgIpc) is 2.43. The van der Waals surface area contributed by atoms with E-state index in [0.717, 1.165) is 18.4 Å². The van der Waals surface area contributed by atoms with Gasteiger partial charge in [-0.1, -0.05) is 11.6 Å². The lowest BCUT2D eigenvalue weighted by molar-refractivity contribution is -0.131. The van der Waals surface area contributed by atoms with Crippen LogP contribution in [0.5, 0.6) is 0 Å². The van der Waals surface area contributed by atoms with Crippen molar-refractivity contribution in [2.45, 2.75) is 12.8 Å². The van der Waals surface area contributed by atoms with Crippen LogP contribution in [0.4, 0.5) is 0 Å². The van der Waals surface area contributed by atoms with Gasteiger partial charge < -0.3 is 5.11 Å². The summed E-state index contributed by atoms with van der Waals surface area (Å²) in [5, 5.41) is 8.22. The van der Waals surface area contributed by atoms with E-state index in [2.05, 4.69) is 0 Å². The maximum Gasteiger partial charge on any atom is 0.347 e. The van der Waals surface area contributed by atoms with E-state index in [-0.39, 0.29) is 5.03 Å². The lowest BCUT2D eigenvalue weighted by Crippen LogP contribution is -1.92. The highest BCUT2D eigenvalue weighted by molar-refractivity contribution is 6.41. The minimum atomic E-state index is -1.00. The smallest absolute Gasteiger partial charge is 0.347 e. The molecule has 0 aromatic carbocycles. The van der Waals surface area contributed by atoms with E-state index in [1.807, 2.05) is 0 Å². The molecule has 0 amide bonds. The molecule has 0 spiro atoms. The van der Waals surface area contributed by atoms with Crippen LogP contribution >= 0.6 is 11.6 Å². The van der Waals surface area contributed by atoms with E-state index in [9.17, 15) is 4.79 Å². The minimum Gasteiger partial charge on any atom is -0.477 e. The number of halogens is 1. The van der Waals surface area contributed by atoms with Gasteiger partial charge in [0.25, 0.3) is 0 Å². The number of carboxylic acid groups (broad SMARTS) is 1. The van der Waals surface area contributed by atoms with Crippen molar-refractivity contribution in [1.29, 1.82) is 0 Å². The lowest BCUT2D eigenvalue weighted by Gasteiger charge is -1.82. The van der Waals surface area contributed by atoms with Crippen molar-refractivity contribution < 1.29 is 9.90 Å². The number of hydrogen-bond donors (Lipinski definition) is 1. The summed E-state index contributed by atoms with van der Waals surface area (Å²) in [6.45, 7) is 0. The third kappa shape index (κ3) is 1.01. The molecule has 1 N–H and O–H groups in total. The molecule has 1 fully saturated rings. The second kappa shape index (κ2) is 1.78. The Labute approximate surface area is 51.8 Å². The van der Waals surface area contributed by atoms with Crippen LogP contribution in [0.1, 0.15) is 12.8 Å². The Balaban J connectivity index is 2.70. The fourth-order valence-corrected chi connectivity index (χ4v) is 0.622.